The fourth-order valence-electron chi connectivity index (χ4n) is 2.05. The van der Waals surface area contributed by atoms with Gasteiger partial charge in [0.1, 0.15) is 23.0 Å². The number of carboxylic acid groups (broad SMARTS) is 1. The van der Waals surface area contributed by atoms with Gasteiger partial charge in [0.2, 0.25) is 0 Å². The number of hydrogen-bond acceptors (Lipinski definition) is 2. The minimum absolute atomic E-state index is 0.0296. The molecule has 0 spiro atoms. The summed E-state index contributed by atoms with van der Waals surface area (Å²) in [5, 5.41) is 9.08. The number of aromatic nitrogens is 2. The Morgan fingerprint density at radius 2 is 1.75 bits per heavy atom. The minimum atomic E-state index is -1.14. The fourth-order valence-corrected chi connectivity index (χ4v) is 2.05. The molecule has 0 aliphatic rings. The number of nitrogens with zero attached hydrogens (tertiary/aromatic N) is 2. The van der Waals surface area contributed by atoms with Crippen molar-refractivity contribution in [2.75, 3.05) is 0 Å². The molecule has 0 bridgehead atoms. The summed E-state index contributed by atoms with van der Waals surface area (Å²) in [4.78, 5) is 15.2. The van der Waals surface area contributed by atoms with Crippen LogP contribution in [0.1, 0.15) is 10.5 Å². The monoisotopic (exact) mass is 274 g/mol. The number of rotatable bonds is 2. The van der Waals surface area contributed by atoms with Crippen molar-refractivity contribution in [3.8, 4) is 11.3 Å². The normalized spacial score (nSPS) is 10.9. The molecule has 0 unspecified atom stereocenters. The van der Waals surface area contributed by atoms with Gasteiger partial charge in [-0.3, -0.25) is 4.40 Å². The summed E-state index contributed by atoms with van der Waals surface area (Å²) in [5.41, 5.74) is 0.0578. The molecule has 0 fully saturated rings. The van der Waals surface area contributed by atoms with E-state index in [4.69, 9.17) is 5.11 Å². The molecule has 3 rings (SSSR count). The summed E-state index contributed by atoms with van der Waals surface area (Å²) in [6.45, 7) is 0. The van der Waals surface area contributed by atoms with Gasteiger partial charge < -0.3 is 5.11 Å². The molecular formula is C14H8F2N2O2. The van der Waals surface area contributed by atoms with E-state index in [1.165, 1.54) is 28.8 Å². The van der Waals surface area contributed by atoms with Crippen LogP contribution in [0.2, 0.25) is 0 Å². The molecule has 0 amide bonds. The van der Waals surface area contributed by atoms with Gasteiger partial charge in [0, 0.05) is 6.20 Å². The summed E-state index contributed by atoms with van der Waals surface area (Å²) in [5.74, 6) is -2.64. The van der Waals surface area contributed by atoms with Crippen LogP contribution in [0.15, 0.2) is 42.6 Å². The van der Waals surface area contributed by atoms with Crippen LogP contribution < -0.4 is 0 Å². The summed E-state index contributed by atoms with van der Waals surface area (Å²) >= 11 is 0. The van der Waals surface area contributed by atoms with Gasteiger partial charge in [0.25, 0.3) is 0 Å². The van der Waals surface area contributed by atoms with Crippen LogP contribution in [0.5, 0.6) is 0 Å². The Bertz CT molecular complexity index is 807. The van der Waals surface area contributed by atoms with E-state index >= 15 is 0 Å². The number of halogens is 2. The van der Waals surface area contributed by atoms with E-state index in [9.17, 15) is 13.6 Å². The third-order valence-corrected chi connectivity index (χ3v) is 2.93. The third-order valence-electron chi connectivity index (χ3n) is 2.93. The number of imidazole rings is 1. The zero-order valence-corrected chi connectivity index (χ0v) is 10.0. The standard InChI is InChI=1S/C14H8F2N2O2/c15-8-3-1-4-9(16)13(8)10-7-18-11(14(19)20)5-2-6-12(18)17-10/h1-7H,(H,19,20). The van der Waals surface area contributed by atoms with Gasteiger partial charge in [-0.25, -0.2) is 18.6 Å². The Labute approximate surface area is 111 Å². The van der Waals surface area contributed by atoms with Crippen LogP contribution in [-0.2, 0) is 0 Å². The Morgan fingerprint density at radius 3 is 2.40 bits per heavy atom. The van der Waals surface area contributed by atoms with Gasteiger partial charge in [-0.1, -0.05) is 12.1 Å². The second-order valence-electron chi connectivity index (χ2n) is 4.17. The molecule has 0 aliphatic heterocycles. The van der Waals surface area contributed by atoms with E-state index < -0.39 is 17.6 Å². The quantitative estimate of drug-likeness (QED) is 0.781. The van der Waals surface area contributed by atoms with E-state index in [1.807, 2.05) is 0 Å². The highest BCUT2D eigenvalue weighted by molar-refractivity contribution is 5.87. The van der Waals surface area contributed by atoms with E-state index in [2.05, 4.69) is 4.98 Å². The Morgan fingerprint density at radius 1 is 1.10 bits per heavy atom. The predicted octanol–water partition coefficient (Wildman–Crippen LogP) is 2.98. The smallest absolute Gasteiger partial charge is 0.352 e. The molecule has 20 heavy (non-hydrogen) atoms. The van der Waals surface area contributed by atoms with Gasteiger partial charge in [0.05, 0.1) is 11.3 Å². The van der Waals surface area contributed by atoms with Crippen LogP contribution >= 0.6 is 0 Å². The van der Waals surface area contributed by atoms with Crippen molar-refractivity contribution in [3.63, 3.8) is 0 Å². The van der Waals surface area contributed by atoms with E-state index in [1.54, 1.807) is 6.07 Å². The first-order valence-corrected chi connectivity index (χ1v) is 5.74. The molecule has 0 saturated carbocycles. The highest BCUT2D eigenvalue weighted by Gasteiger charge is 2.16. The van der Waals surface area contributed by atoms with Crippen molar-refractivity contribution in [1.29, 1.82) is 0 Å². The molecule has 1 N–H and O–H groups in total. The largest absolute Gasteiger partial charge is 0.477 e. The molecule has 4 nitrogen and oxygen atoms in total. The summed E-state index contributed by atoms with van der Waals surface area (Å²) in [7, 11) is 0. The highest BCUT2D eigenvalue weighted by atomic mass is 19.1. The summed E-state index contributed by atoms with van der Waals surface area (Å²) in [6.07, 6.45) is 1.31. The van der Waals surface area contributed by atoms with E-state index in [0.717, 1.165) is 12.1 Å². The molecule has 6 heteroatoms. The van der Waals surface area contributed by atoms with Crippen LogP contribution in [0.4, 0.5) is 8.78 Å². The Hall–Kier alpha value is -2.76. The average molecular weight is 274 g/mol. The van der Waals surface area contributed by atoms with Crippen molar-refractivity contribution < 1.29 is 18.7 Å². The Kier molecular flexibility index (Phi) is 2.71. The molecular weight excluding hydrogens is 266 g/mol. The maximum Gasteiger partial charge on any atom is 0.352 e. The molecule has 2 aromatic heterocycles. The first-order valence-electron chi connectivity index (χ1n) is 5.74. The van der Waals surface area contributed by atoms with Gasteiger partial charge in [-0.2, -0.15) is 0 Å². The second-order valence-corrected chi connectivity index (χ2v) is 4.17. The number of fused-ring (bicyclic) bond motifs is 1. The van der Waals surface area contributed by atoms with Crippen LogP contribution in [0, 0.1) is 11.6 Å². The predicted molar refractivity (Wildman–Crippen MR) is 67.5 cm³/mol. The Balaban J connectivity index is 2.29. The SMILES string of the molecule is O=C(O)c1cccc2nc(-c3c(F)cccc3F)cn12. The lowest BCUT2D eigenvalue weighted by molar-refractivity contribution is 0.0689. The number of hydrogen-bond donors (Lipinski definition) is 1. The molecule has 1 aromatic carbocycles. The molecule has 2 heterocycles. The summed E-state index contributed by atoms with van der Waals surface area (Å²) < 4.78 is 28.7. The molecule has 0 atom stereocenters. The van der Waals surface area contributed by atoms with Crippen LogP contribution in [0.25, 0.3) is 16.9 Å². The van der Waals surface area contributed by atoms with Crippen molar-refractivity contribution in [1.82, 2.24) is 9.38 Å². The fraction of sp³-hybridized carbons (Fsp3) is 0. The van der Waals surface area contributed by atoms with Gasteiger partial charge in [-0.15, -0.1) is 0 Å². The molecule has 0 radical (unpaired) electrons. The van der Waals surface area contributed by atoms with Crippen LogP contribution in [-0.4, -0.2) is 20.5 Å². The zero-order valence-electron chi connectivity index (χ0n) is 10.0. The van der Waals surface area contributed by atoms with E-state index in [-0.39, 0.29) is 17.0 Å². The third kappa shape index (κ3) is 1.82. The first kappa shape index (κ1) is 12.3. The first-order chi connectivity index (χ1) is 9.58. The lowest BCUT2D eigenvalue weighted by atomic mass is 10.1. The average Bonchev–Trinajstić information content (AvgIpc) is 2.81. The lowest BCUT2D eigenvalue weighted by Crippen LogP contribution is -2.03. The van der Waals surface area contributed by atoms with Crippen LogP contribution in [0.3, 0.4) is 0 Å². The van der Waals surface area contributed by atoms with Crippen molar-refractivity contribution >= 4 is 11.6 Å². The van der Waals surface area contributed by atoms with E-state index in [0.29, 0.717) is 5.65 Å². The van der Waals surface area contributed by atoms with Crippen molar-refractivity contribution in [3.05, 3.63) is 59.9 Å². The maximum atomic E-state index is 13.7. The number of benzene rings is 1. The number of aromatic carboxylic acids is 1. The number of carboxylic acids is 1. The van der Waals surface area contributed by atoms with Gasteiger partial charge in [-0.05, 0) is 24.3 Å². The number of carbonyl (C=O) groups is 1. The molecule has 3 aromatic rings. The molecule has 100 valence electrons. The molecule has 0 saturated heterocycles. The summed E-state index contributed by atoms with van der Waals surface area (Å²) in [6, 6.07) is 7.98. The number of pyridine rings is 1. The lowest BCUT2D eigenvalue weighted by Gasteiger charge is -2.00. The highest BCUT2D eigenvalue weighted by Crippen LogP contribution is 2.25. The van der Waals surface area contributed by atoms with Gasteiger partial charge >= 0.3 is 5.97 Å². The van der Waals surface area contributed by atoms with Crippen molar-refractivity contribution in [2.45, 2.75) is 0 Å². The van der Waals surface area contributed by atoms with Gasteiger partial charge in [0.15, 0.2) is 0 Å². The maximum absolute atomic E-state index is 13.7. The zero-order chi connectivity index (χ0) is 14.3. The minimum Gasteiger partial charge on any atom is -0.477 e. The molecule has 0 aliphatic carbocycles. The van der Waals surface area contributed by atoms with Crippen molar-refractivity contribution in [2.24, 2.45) is 0 Å². The topological polar surface area (TPSA) is 54.6 Å². The second kappa shape index (κ2) is 4.41.